The lowest BCUT2D eigenvalue weighted by molar-refractivity contribution is 0.639. The molecular weight excluding hydrogens is 129 g/mol. The molecule has 2 heteroatoms. The summed E-state index contributed by atoms with van der Waals surface area (Å²) in [5, 5.41) is 0.655. The number of halogens is 1. The summed E-state index contributed by atoms with van der Waals surface area (Å²) in [6.07, 6.45) is 1.37. The zero-order chi connectivity index (χ0) is 6.97. The van der Waals surface area contributed by atoms with Gasteiger partial charge in [-0.3, -0.25) is 0 Å². The van der Waals surface area contributed by atoms with E-state index in [1.807, 2.05) is 18.2 Å². The number of hydrogen-bond donors (Lipinski definition) is 1. The molecular formula is C8H6FN. The topological polar surface area (TPSA) is 15.8 Å². The number of benzene rings is 1. The van der Waals surface area contributed by atoms with Crippen molar-refractivity contribution in [2.45, 2.75) is 0 Å². The Balaban J connectivity index is 2.93. The van der Waals surface area contributed by atoms with Crippen LogP contribution < -0.4 is 0 Å². The third-order valence-electron chi connectivity index (χ3n) is 1.54. The van der Waals surface area contributed by atoms with Crippen molar-refractivity contribution in [2.24, 2.45) is 0 Å². The maximum Gasteiger partial charge on any atom is 0.148 e. The minimum absolute atomic E-state index is 0.185. The van der Waals surface area contributed by atoms with Crippen molar-refractivity contribution >= 4 is 10.9 Å². The summed E-state index contributed by atoms with van der Waals surface area (Å²) in [6, 6.07) is 7.29. The monoisotopic (exact) mass is 135 g/mol. The summed E-state index contributed by atoms with van der Waals surface area (Å²) in [6.45, 7) is 0. The molecule has 2 aromatic rings. The van der Waals surface area contributed by atoms with Gasteiger partial charge in [-0.15, -0.1) is 0 Å². The molecule has 0 saturated heterocycles. The van der Waals surface area contributed by atoms with Crippen LogP contribution in [0.1, 0.15) is 0 Å². The number of H-pyrrole nitrogens is 1. The van der Waals surface area contributed by atoms with Gasteiger partial charge in [-0.05, 0) is 12.1 Å². The molecule has 1 aromatic heterocycles. The van der Waals surface area contributed by atoms with E-state index in [9.17, 15) is 4.39 Å². The standard InChI is InChI=1S/C8H6FN/c9-7-5-10-8-4-2-1-3-6(7)8/h1-5,10H. The molecule has 1 nitrogen and oxygen atoms in total. The van der Waals surface area contributed by atoms with Crippen LogP contribution in [0.2, 0.25) is 0 Å². The van der Waals surface area contributed by atoms with Gasteiger partial charge in [0.25, 0.3) is 0 Å². The van der Waals surface area contributed by atoms with Crippen molar-refractivity contribution < 1.29 is 4.39 Å². The summed E-state index contributed by atoms with van der Waals surface area (Å²) in [4.78, 5) is 2.81. The first kappa shape index (κ1) is 5.47. The lowest BCUT2D eigenvalue weighted by Gasteiger charge is -1.84. The zero-order valence-electron chi connectivity index (χ0n) is 5.26. The summed E-state index contributed by atoms with van der Waals surface area (Å²) in [5.41, 5.74) is 0.847. The molecule has 0 bridgehead atoms. The molecule has 0 unspecified atom stereocenters. The summed E-state index contributed by atoms with van der Waals surface area (Å²) in [5.74, 6) is -0.185. The van der Waals surface area contributed by atoms with Crippen LogP contribution in [0.4, 0.5) is 4.39 Å². The molecule has 1 aromatic carbocycles. The van der Waals surface area contributed by atoms with Crippen LogP contribution in [0.5, 0.6) is 0 Å². The van der Waals surface area contributed by atoms with Gasteiger partial charge in [0.05, 0.1) is 0 Å². The van der Waals surface area contributed by atoms with E-state index < -0.39 is 0 Å². The van der Waals surface area contributed by atoms with E-state index >= 15 is 0 Å². The molecule has 1 heterocycles. The van der Waals surface area contributed by atoms with Crippen molar-refractivity contribution in [2.75, 3.05) is 0 Å². The average molecular weight is 135 g/mol. The largest absolute Gasteiger partial charge is 0.359 e. The van der Waals surface area contributed by atoms with E-state index in [0.717, 1.165) is 5.52 Å². The van der Waals surface area contributed by atoms with Crippen LogP contribution in [0.3, 0.4) is 0 Å². The highest BCUT2D eigenvalue weighted by Gasteiger charge is 1.98. The minimum Gasteiger partial charge on any atom is -0.359 e. The van der Waals surface area contributed by atoms with Gasteiger partial charge >= 0.3 is 0 Å². The molecule has 2 rings (SSSR count). The van der Waals surface area contributed by atoms with Crippen molar-refractivity contribution in [3.05, 3.63) is 36.3 Å². The van der Waals surface area contributed by atoms with E-state index in [1.54, 1.807) is 6.07 Å². The highest BCUT2D eigenvalue weighted by molar-refractivity contribution is 5.79. The summed E-state index contributed by atoms with van der Waals surface area (Å²) < 4.78 is 12.7. The highest BCUT2D eigenvalue weighted by Crippen LogP contribution is 2.14. The maximum atomic E-state index is 12.7. The molecule has 0 aliphatic heterocycles. The van der Waals surface area contributed by atoms with E-state index in [1.165, 1.54) is 6.20 Å². The third kappa shape index (κ3) is 0.620. The lowest BCUT2D eigenvalue weighted by atomic mass is 10.2. The second-order valence-corrected chi connectivity index (χ2v) is 2.18. The van der Waals surface area contributed by atoms with Gasteiger partial charge < -0.3 is 4.98 Å². The highest BCUT2D eigenvalue weighted by atomic mass is 19.1. The fourth-order valence-electron chi connectivity index (χ4n) is 1.04. The van der Waals surface area contributed by atoms with Crippen LogP contribution in [0, 0.1) is 5.82 Å². The first-order valence-electron chi connectivity index (χ1n) is 3.09. The van der Waals surface area contributed by atoms with Crippen LogP contribution in [-0.4, -0.2) is 4.98 Å². The van der Waals surface area contributed by atoms with E-state index in [-0.39, 0.29) is 5.82 Å². The molecule has 0 radical (unpaired) electrons. The predicted octanol–water partition coefficient (Wildman–Crippen LogP) is 2.31. The Labute approximate surface area is 57.5 Å². The smallest absolute Gasteiger partial charge is 0.148 e. The Morgan fingerprint density at radius 2 is 2.00 bits per heavy atom. The Kier molecular flexibility index (Phi) is 1.01. The van der Waals surface area contributed by atoms with Crippen molar-refractivity contribution in [3.8, 4) is 0 Å². The summed E-state index contributed by atoms with van der Waals surface area (Å²) >= 11 is 0. The molecule has 50 valence electrons. The van der Waals surface area contributed by atoms with E-state index in [4.69, 9.17) is 0 Å². The molecule has 0 saturated carbocycles. The number of aromatic nitrogens is 1. The molecule has 0 fully saturated rings. The number of aromatic amines is 1. The van der Waals surface area contributed by atoms with Crippen molar-refractivity contribution in [1.29, 1.82) is 0 Å². The van der Waals surface area contributed by atoms with Crippen LogP contribution in [0.25, 0.3) is 10.9 Å². The van der Waals surface area contributed by atoms with Crippen LogP contribution >= 0.6 is 0 Å². The van der Waals surface area contributed by atoms with Crippen molar-refractivity contribution in [1.82, 2.24) is 4.98 Å². The molecule has 1 N–H and O–H groups in total. The van der Waals surface area contributed by atoms with E-state index in [2.05, 4.69) is 4.98 Å². The SMILES string of the molecule is Fc1c[nH]c2ccccc12. The predicted molar refractivity (Wildman–Crippen MR) is 38.3 cm³/mol. The van der Waals surface area contributed by atoms with Crippen molar-refractivity contribution in [3.63, 3.8) is 0 Å². The molecule has 0 aliphatic carbocycles. The first-order chi connectivity index (χ1) is 4.88. The Morgan fingerprint density at radius 3 is 2.80 bits per heavy atom. The fourth-order valence-corrected chi connectivity index (χ4v) is 1.04. The lowest BCUT2D eigenvalue weighted by Crippen LogP contribution is -1.65. The quantitative estimate of drug-likeness (QED) is 0.570. The number of hydrogen-bond acceptors (Lipinski definition) is 0. The Morgan fingerprint density at radius 1 is 1.20 bits per heavy atom. The van der Waals surface area contributed by atoms with Gasteiger partial charge in [0, 0.05) is 17.1 Å². The zero-order valence-corrected chi connectivity index (χ0v) is 5.26. The maximum absolute atomic E-state index is 12.7. The molecule has 10 heavy (non-hydrogen) atoms. The van der Waals surface area contributed by atoms with Crippen LogP contribution in [0.15, 0.2) is 30.5 Å². The normalized spacial score (nSPS) is 10.5. The third-order valence-corrected chi connectivity index (χ3v) is 1.54. The number of fused-ring (bicyclic) bond motifs is 1. The van der Waals surface area contributed by atoms with Crippen LogP contribution in [-0.2, 0) is 0 Å². The number of rotatable bonds is 0. The minimum atomic E-state index is -0.185. The van der Waals surface area contributed by atoms with E-state index in [0.29, 0.717) is 5.39 Å². The van der Waals surface area contributed by atoms with Gasteiger partial charge in [-0.1, -0.05) is 12.1 Å². The number of nitrogens with one attached hydrogen (secondary N) is 1. The van der Waals surface area contributed by atoms with Gasteiger partial charge in [-0.25, -0.2) is 4.39 Å². The van der Waals surface area contributed by atoms with Gasteiger partial charge in [0.15, 0.2) is 0 Å². The first-order valence-corrected chi connectivity index (χ1v) is 3.09. The van der Waals surface area contributed by atoms with Gasteiger partial charge in [0.2, 0.25) is 0 Å². The number of para-hydroxylation sites is 1. The summed E-state index contributed by atoms with van der Waals surface area (Å²) in [7, 11) is 0. The Hall–Kier alpha value is -1.31. The second-order valence-electron chi connectivity index (χ2n) is 2.18. The molecule has 0 aliphatic rings. The average Bonchev–Trinajstić information content (AvgIpc) is 2.34. The Bertz CT molecular complexity index is 351. The van der Waals surface area contributed by atoms with Gasteiger partial charge in [-0.2, -0.15) is 0 Å². The van der Waals surface area contributed by atoms with Gasteiger partial charge in [0.1, 0.15) is 5.82 Å². The molecule has 0 amide bonds. The molecule has 0 spiro atoms. The second kappa shape index (κ2) is 1.84. The fraction of sp³-hybridized carbons (Fsp3) is 0. The molecule has 0 atom stereocenters.